The topological polar surface area (TPSA) is 56.7 Å². The van der Waals surface area contributed by atoms with Gasteiger partial charge in [0.1, 0.15) is 5.82 Å². The Labute approximate surface area is 124 Å². The zero-order valence-electron chi connectivity index (χ0n) is 12.0. The number of aromatic nitrogens is 3. The normalized spacial score (nSPS) is 18.3. The van der Waals surface area contributed by atoms with Crippen molar-refractivity contribution in [2.75, 3.05) is 6.54 Å². The summed E-state index contributed by atoms with van der Waals surface area (Å²) in [5.41, 5.74) is 6.32. The Hall–Kier alpha value is -1.20. The number of nitrogens with zero attached hydrogens (tertiary/aromatic N) is 3. The predicted molar refractivity (Wildman–Crippen MR) is 82.6 cm³/mol. The van der Waals surface area contributed by atoms with Crippen molar-refractivity contribution in [3.8, 4) is 10.7 Å². The SMILES string of the molecule is Cn1nc(-c2cccs2)nc1CC1(CN)CCCCC1. The number of hydrogen-bond acceptors (Lipinski definition) is 4. The lowest BCUT2D eigenvalue weighted by Gasteiger charge is -2.35. The third-order valence-corrected chi connectivity index (χ3v) is 5.34. The molecule has 2 aromatic rings. The van der Waals surface area contributed by atoms with E-state index in [2.05, 4.69) is 16.5 Å². The van der Waals surface area contributed by atoms with Gasteiger partial charge >= 0.3 is 0 Å². The Kier molecular flexibility index (Phi) is 3.89. The summed E-state index contributed by atoms with van der Waals surface area (Å²) in [5, 5.41) is 6.62. The highest BCUT2D eigenvalue weighted by molar-refractivity contribution is 7.13. The van der Waals surface area contributed by atoms with Crippen LogP contribution in [0, 0.1) is 5.41 Å². The van der Waals surface area contributed by atoms with Gasteiger partial charge in [0.25, 0.3) is 0 Å². The second-order valence-corrected chi connectivity index (χ2v) is 6.84. The van der Waals surface area contributed by atoms with Gasteiger partial charge in [-0.25, -0.2) is 4.98 Å². The Balaban J connectivity index is 1.83. The molecule has 3 rings (SSSR count). The molecule has 1 aliphatic rings. The van der Waals surface area contributed by atoms with Gasteiger partial charge in [0.15, 0.2) is 5.82 Å². The Morgan fingerprint density at radius 1 is 1.35 bits per heavy atom. The van der Waals surface area contributed by atoms with Crippen molar-refractivity contribution < 1.29 is 0 Å². The zero-order valence-corrected chi connectivity index (χ0v) is 12.8. The first-order valence-corrected chi connectivity index (χ1v) is 8.24. The van der Waals surface area contributed by atoms with Gasteiger partial charge in [-0.3, -0.25) is 4.68 Å². The maximum absolute atomic E-state index is 6.08. The van der Waals surface area contributed by atoms with Crippen LogP contribution in [-0.4, -0.2) is 21.3 Å². The van der Waals surface area contributed by atoms with Crippen molar-refractivity contribution in [2.24, 2.45) is 18.2 Å². The van der Waals surface area contributed by atoms with Crippen LogP contribution in [0.15, 0.2) is 17.5 Å². The van der Waals surface area contributed by atoms with Crippen LogP contribution in [0.1, 0.15) is 37.9 Å². The zero-order chi connectivity index (χ0) is 14.0. The fourth-order valence-electron chi connectivity index (χ4n) is 3.17. The van der Waals surface area contributed by atoms with Crippen molar-refractivity contribution >= 4 is 11.3 Å². The molecule has 0 atom stereocenters. The first-order chi connectivity index (χ1) is 9.72. The number of nitrogens with two attached hydrogens (primary N) is 1. The van der Waals surface area contributed by atoms with Gasteiger partial charge in [0.05, 0.1) is 4.88 Å². The maximum Gasteiger partial charge on any atom is 0.191 e. The van der Waals surface area contributed by atoms with E-state index < -0.39 is 0 Å². The fourth-order valence-corrected chi connectivity index (χ4v) is 3.82. The van der Waals surface area contributed by atoms with Gasteiger partial charge in [-0.2, -0.15) is 5.10 Å². The van der Waals surface area contributed by atoms with Crippen LogP contribution in [0.5, 0.6) is 0 Å². The molecular weight excluding hydrogens is 268 g/mol. The minimum Gasteiger partial charge on any atom is -0.330 e. The maximum atomic E-state index is 6.08. The predicted octanol–water partition coefficient (Wildman–Crippen LogP) is 3.00. The quantitative estimate of drug-likeness (QED) is 0.941. The van der Waals surface area contributed by atoms with E-state index in [1.54, 1.807) is 11.3 Å². The molecule has 2 aromatic heterocycles. The number of thiophene rings is 1. The van der Waals surface area contributed by atoms with Crippen LogP contribution < -0.4 is 5.73 Å². The first-order valence-electron chi connectivity index (χ1n) is 7.36. The van der Waals surface area contributed by atoms with E-state index in [-0.39, 0.29) is 5.41 Å². The lowest BCUT2D eigenvalue weighted by Crippen LogP contribution is -2.35. The van der Waals surface area contributed by atoms with Crippen molar-refractivity contribution in [2.45, 2.75) is 38.5 Å². The monoisotopic (exact) mass is 290 g/mol. The van der Waals surface area contributed by atoms with Crippen molar-refractivity contribution in [1.82, 2.24) is 14.8 Å². The molecule has 0 aliphatic heterocycles. The van der Waals surface area contributed by atoms with Gasteiger partial charge in [-0.05, 0) is 36.2 Å². The van der Waals surface area contributed by atoms with E-state index in [0.717, 1.165) is 29.5 Å². The molecule has 20 heavy (non-hydrogen) atoms. The molecule has 0 unspecified atom stereocenters. The Morgan fingerprint density at radius 2 is 2.15 bits per heavy atom. The molecule has 4 nitrogen and oxygen atoms in total. The molecule has 0 bridgehead atoms. The van der Waals surface area contributed by atoms with Crippen LogP contribution in [-0.2, 0) is 13.5 Å². The van der Waals surface area contributed by atoms with Crippen molar-refractivity contribution in [3.05, 3.63) is 23.3 Å². The fraction of sp³-hybridized carbons (Fsp3) is 0.600. The number of rotatable bonds is 4. The average Bonchev–Trinajstić information content (AvgIpc) is 3.10. The molecular formula is C15H22N4S. The van der Waals surface area contributed by atoms with E-state index in [0.29, 0.717) is 0 Å². The number of aryl methyl sites for hydroxylation is 1. The molecule has 2 heterocycles. The summed E-state index contributed by atoms with van der Waals surface area (Å²) < 4.78 is 1.93. The highest BCUT2D eigenvalue weighted by Crippen LogP contribution is 2.38. The van der Waals surface area contributed by atoms with Crippen molar-refractivity contribution in [3.63, 3.8) is 0 Å². The summed E-state index contributed by atoms with van der Waals surface area (Å²) in [4.78, 5) is 5.88. The average molecular weight is 290 g/mol. The van der Waals surface area contributed by atoms with Crippen LogP contribution in [0.4, 0.5) is 0 Å². The number of hydrogen-bond donors (Lipinski definition) is 1. The summed E-state index contributed by atoms with van der Waals surface area (Å²) in [6.45, 7) is 0.758. The van der Waals surface area contributed by atoms with Gasteiger partial charge in [-0.15, -0.1) is 11.3 Å². The minimum absolute atomic E-state index is 0.242. The van der Waals surface area contributed by atoms with Gasteiger partial charge in [0, 0.05) is 13.5 Å². The van der Waals surface area contributed by atoms with Gasteiger partial charge < -0.3 is 5.73 Å². The van der Waals surface area contributed by atoms with E-state index in [4.69, 9.17) is 10.7 Å². The largest absolute Gasteiger partial charge is 0.330 e. The first kappa shape index (κ1) is 13.8. The molecule has 1 fully saturated rings. The molecule has 0 aromatic carbocycles. The van der Waals surface area contributed by atoms with Crippen LogP contribution in [0.3, 0.4) is 0 Å². The van der Waals surface area contributed by atoms with Gasteiger partial charge in [-0.1, -0.05) is 25.3 Å². The Morgan fingerprint density at radius 3 is 2.80 bits per heavy atom. The lowest BCUT2D eigenvalue weighted by molar-refractivity contribution is 0.191. The minimum atomic E-state index is 0.242. The molecule has 2 N–H and O–H groups in total. The Bertz CT molecular complexity index is 552. The van der Waals surface area contributed by atoms with E-state index >= 15 is 0 Å². The second-order valence-electron chi connectivity index (χ2n) is 5.89. The van der Waals surface area contributed by atoms with E-state index in [1.165, 1.54) is 32.1 Å². The molecule has 108 valence electrons. The van der Waals surface area contributed by atoms with Crippen LogP contribution in [0.25, 0.3) is 10.7 Å². The van der Waals surface area contributed by atoms with Gasteiger partial charge in [0.2, 0.25) is 0 Å². The molecule has 5 heteroatoms. The highest BCUT2D eigenvalue weighted by Gasteiger charge is 2.32. The third-order valence-electron chi connectivity index (χ3n) is 4.48. The standard InChI is InChI=1S/C15H22N4S/c1-19-13(10-15(11-16)7-3-2-4-8-15)17-14(18-19)12-6-5-9-20-12/h5-6,9H,2-4,7-8,10-11,16H2,1H3. The van der Waals surface area contributed by atoms with E-state index in [9.17, 15) is 0 Å². The van der Waals surface area contributed by atoms with Crippen molar-refractivity contribution in [1.29, 1.82) is 0 Å². The molecule has 0 radical (unpaired) electrons. The lowest BCUT2D eigenvalue weighted by atomic mass is 9.72. The van der Waals surface area contributed by atoms with Crippen LogP contribution in [0.2, 0.25) is 0 Å². The second kappa shape index (κ2) is 5.66. The molecule has 0 amide bonds. The van der Waals surface area contributed by atoms with E-state index in [1.807, 2.05) is 17.8 Å². The highest BCUT2D eigenvalue weighted by atomic mass is 32.1. The molecule has 1 saturated carbocycles. The summed E-state index contributed by atoms with van der Waals surface area (Å²) >= 11 is 1.69. The van der Waals surface area contributed by atoms with Crippen LogP contribution >= 0.6 is 11.3 Å². The molecule has 0 spiro atoms. The summed E-state index contributed by atoms with van der Waals surface area (Å²) in [7, 11) is 1.99. The smallest absolute Gasteiger partial charge is 0.191 e. The summed E-state index contributed by atoms with van der Waals surface area (Å²) in [6.07, 6.45) is 7.36. The summed E-state index contributed by atoms with van der Waals surface area (Å²) in [5.74, 6) is 1.92. The summed E-state index contributed by atoms with van der Waals surface area (Å²) in [6, 6.07) is 4.11. The third kappa shape index (κ3) is 2.65. The molecule has 1 aliphatic carbocycles. The molecule has 0 saturated heterocycles.